The van der Waals surface area contributed by atoms with Gasteiger partial charge >= 0.3 is 0 Å². The van der Waals surface area contributed by atoms with Crippen LogP contribution >= 0.6 is 0 Å². The van der Waals surface area contributed by atoms with Gasteiger partial charge in [-0.1, -0.05) is 72.7 Å². The molecule has 3 aromatic carbocycles. The highest BCUT2D eigenvalue weighted by atomic mass is 19.1. The van der Waals surface area contributed by atoms with E-state index in [2.05, 4.69) is 15.8 Å². The van der Waals surface area contributed by atoms with Crippen molar-refractivity contribution in [3.05, 3.63) is 102 Å². The van der Waals surface area contributed by atoms with Gasteiger partial charge in [-0.3, -0.25) is 5.41 Å². The van der Waals surface area contributed by atoms with Crippen LogP contribution in [0, 0.1) is 11.2 Å². The Kier molecular flexibility index (Phi) is 5.57. The van der Waals surface area contributed by atoms with E-state index < -0.39 is 0 Å². The first-order valence-electron chi connectivity index (χ1n) is 9.59. The number of aromatic nitrogens is 1. The molecule has 1 atom stereocenters. The topological polar surface area (TPSA) is 73.9 Å². The lowest BCUT2D eigenvalue weighted by Gasteiger charge is -2.11. The second-order valence-corrected chi connectivity index (χ2v) is 6.93. The fourth-order valence-electron chi connectivity index (χ4n) is 3.19. The van der Waals surface area contributed by atoms with Gasteiger partial charge in [0.15, 0.2) is 11.8 Å². The molecular formula is C24H21FN4O. The van der Waals surface area contributed by atoms with Crippen molar-refractivity contribution in [2.45, 2.75) is 12.8 Å². The zero-order chi connectivity index (χ0) is 20.9. The summed E-state index contributed by atoms with van der Waals surface area (Å²) in [6.45, 7) is 1.93. The van der Waals surface area contributed by atoms with Gasteiger partial charge in [-0.2, -0.15) is 0 Å². The van der Waals surface area contributed by atoms with E-state index in [4.69, 9.17) is 9.93 Å². The third kappa shape index (κ3) is 4.38. The maximum absolute atomic E-state index is 14.7. The van der Waals surface area contributed by atoms with Crippen molar-refractivity contribution in [1.29, 1.82) is 5.41 Å². The molecule has 150 valence electrons. The summed E-state index contributed by atoms with van der Waals surface area (Å²) in [5.41, 5.74) is 2.98. The van der Waals surface area contributed by atoms with Crippen LogP contribution in [-0.4, -0.2) is 11.1 Å². The van der Waals surface area contributed by atoms with Gasteiger partial charge < -0.3 is 15.2 Å². The molecule has 0 radical (unpaired) electrons. The van der Waals surface area contributed by atoms with Gasteiger partial charge in [0.25, 0.3) is 0 Å². The third-order valence-corrected chi connectivity index (χ3v) is 4.83. The molecule has 0 fully saturated rings. The molecule has 0 aliphatic rings. The largest absolute Gasteiger partial charge is 0.359 e. The molecule has 0 spiro atoms. The van der Waals surface area contributed by atoms with Crippen LogP contribution in [-0.2, 0) is 0 Å². The molecule has 0 bridgehead atoms. The summed E-state index contributed by atoms with van der Waals surface area (Å²) in [5.74, 6) is 0.594. The first-order chi connectivity index (χ1) is 14.6. The van der Waals surface area contributed by atoms with E-state index >= 15 is 0 Å². The number of rotatable bonds is 5. The van der Waals surface area contributed by atoms with Crippen LogP contribution in [0.15, 0.2) is 89.5 Å². The molecule has 0 saturated heterocycles. The van der Waals surface area contributed by atoms with Crippen LogP contribution in [0.25, 0.3) is 11.1 Å². The summed E-state index contributed by atoms with van der Waals surface area (Å²) in [6.07, 6.45) is 0. The number of halogens is 1. The van der Waals surface area contributed by atoms with Crippen molar-refractivity contribution in [1.82, 2.24) is 5.16 Å². The molecule has 1 heterocycles. The van der Waals surface area contributed by atoms with Gasteiger partial charge in [-0.15, -0.1) is 0 Å². The Labute approximate surface area is 174 Å². The lowest BCUT2D eigenvalue weighted by molar-refractivity contribution is 0.378. The summed E-state index contributed by atoms with van der Waals surface area (Å²) in [6, 6.07) is 25.8. The molecule has 3 N–H and O–H groups in total. The van der Waals surface area contributed by atoms with Crippen LogP contribution in [0.4, 0.5) is 15.9 Å². The van der Waals surface area contributed by atoms with Gasteiger partial charge in [0.2, 0.25) is 0 Å². The molecule has 5 nitrogen and oxygen atoms in total. The molecule has 1 unspecified atom stereocenters. The highest BCUT2D eigenvalue weighted by Crippen LogP contribution is 2.30. The highest BCUT2D eigenvalue weighted by molar-refractivity contribution is 6.00. The van der Waals surface area contributed by atoms with Gasteiger partial charge in [-0.25, -0.2) is 4.39 Å². The smallest absolute Gasteiger partial charge is 0.198 e. The molecule has 4 aromatic rings. The highest BCUT2D eigenvalue weighted by Gasteiger charge is 2.17. The van der Waals surface area contributed by atoms with Gasteiger partial charge in [0.05, 0.1) is 0 Å². The van der Waals surface area contributed by atoms with E-state index in [1.165, 1.54) is 6.07 Å². The lowest BCUT2D eigenvalue weighted by atomic mass is 9.95. The Bertz CT molecular complexity index is 1140. The third-order valence-electron chi connectivity index (χ3n) is 4.83. The fraction of sp³-hybridized carbons (Fsp3) is 0.0833. The maximum atomic E-state index is 14.7. The number of hydrogen-bond donors (Lipinski definition) is 3. The zero-order valence-corrected chi connectivity index (χ0v) is 16.4. The number of benzene rings is 3. The number of nitrogens with one attached hydrogen (secondary N) is 3. The van der Waals surface area contributed by atoms with Crippen LogP contribution in [0.5, 0.6) is 0 Å². The molecular weight excluding hydrogens is 379 g/mol. The van der Waals surface area contributed by atoms with Gasteiger partial charge in [0, 0.05) is 23.2 Å². The molecule has 0 amide bonds. The number of anilines is 2. The van der Waals surface area contributed by atoms with Crippen molar-refractivity contribution in [2.24, 2.45) is 0 Å². The molecule has 6 heteroatoms. The van der Waals surface area contributed by atoms with Crippen molar-refractivity contribution in [3.8, 4) is 11.1 Å². The van der Waals surface area contributed by atoms with Crippen molar-refractivity contribution >= 4 is 17.5 Å². The Morgan fingerprint density at radius 1 is 0.933 bits per heavy atom. The summed E-state index contributed by atoms with van der Waals surface area (Å²) < 4.78 is 20.1. The molecule has 0 aliphatic heterocycles. The summed E-state index contributed by atoms with van der Waals surface area (Å²) in [5, 5.41) is 17.8. The fourth-order valence-corrected chi connectivity index (χ4v) is 3.19. The molecule has 4 rings (SSSR count). The Balaban J connectivity index is 1.45. The molecule has 1 aromatic heterocycles. The average Bonchev–Trinajstić information content (AvgIpc) is 3.22. The number of para-hydroxylation sites is 1. The van der Waals surface area contributed by atoms with E-state index in [1.54, 1.807) is 12.1 Å². The molecule has 30 heavy (non-hydrogen) atoms. The number of guanidine groups is 1. The minimum Gasteiger partial charge on any atom is -0.359 e. The second-order valence-electron chi connectivity index (χ2n) is 6.93. The second kappa shape index (κ2) is 8.61. The van der Waals surface area contributed by atoms with Crippen molar-refractivity contribution in [2.75, 3.05) is 10.6 Å². The van der Waals surface area contributed by atoms with E-state index in [1.807, 2.05) is 73.7 Å². The maximum Gasteiger partial charge on any atom is 0.198 e. The predicted octanol–water partition coefficient (Wildman–Crippen LogP) is 6.09. The van der Waals surface area contributed by atoms with Crippen LogP contribution < -0.4 is 10.6 Å². The first-order valence-corrected chi connectivity index (χ1v) is 9.59. The van der Waals surface area contributed by atoms with E-state index in [9.17, 15) is 4.39 Å². The number of nitrogens with zero attached hydrogens (tertiary/aromatic N) is 1. The number of hydrogen-bond acceptors (Lipinski definition) is 3. The zero-order valence-electron chi connectivity index (χ0n) is 16.4. The van der Waals surface area contributed by atoms with E-state index in [0.29, 0.717) is 17.1 Å². The normalized spacial score (nSPS) is 11.7. The predicted molar refractivity (Wildman–Crippen MR) is 117 cm³/mol. The quantitative estimate of drug-likeness (QED) is 0.280. The summed E-state index contributed by atoms with van der Waals surface area (Å²) >= 11 is 0. The summed E-state index contributed by atoms with van der Waals surface area (Å²) in [7, 11) is 0. The Hall–Kier alpha value is -3.93. The van der Waals surface area contributed by atoms with Crippen molar-refractivity contribution < 1.29 is 8.91 Å². The Morgan fingerprint density at radius 2 is 1.63 bits per heavy atom. The molecule has 0 saturated carbocycles. The van der Waals surface area contributed by atoms with E-state index in [0.717, 1.165) is 16.8 Å². The minimum atomic E-state index is -0.280. The lowest BCUT2D eigenvalue weighted by Crippen LogP contribution is -2.20. The van der Waals surface area contributed by atoms with E-state index in [-0.39, 0.29) is 17.7 Å². The average molecular weight is 400 g/mol. The SMILES string of the molecule is CC(c1ccc(-c2ccccc2)c(F)c1)c1cc(NC(=N)Nc2ccccc2)no1. The Morgan fingerprint density at radius 3 is 2.33 bits per heavy atom. The standard InChI is InChI=1S/C24H21FN4O/c1-16(18-12-13-20(21(25)14-18)17-8-4-2-5-9-17)22-15-23(29-30-22)28-24(26)27-19-10-6-3-7-11-19/h2-16H,1H3,(H3,26,27,28,29). The minimum absolute atomic E-state index is 0.0759. The summed E-state index contributed by atoms with van der Waals surface area (Å²) in [4.78, 5) is 0. The van der Waals surface area contributed by atoms with Gasteiger partial charge in [0.1, 0.15) is 11.6 Å². The van der Waals surface area contributed by atoms with Crippen LogP contribution in [0.1, 0.15) is 24.2 Å². The monoisotopic (exact) mass is 400 g/mol. The molecule has 0 aliphatic carbocycles. The van der Waals surface area contributed by atoms with Crippen LogP contribution in [0.2, 0.25) is 0 Å². The first kappa shape index (κ1) is 19.4. The van der Waals surface area contributed by atoms with Crippen LogP contribution in [0.3, 0.4) is 0 Å². The van der Waals surface area contributed by atoms with Crippen molar-refractivity contribution in [3.63, 3.8) is 0 Å². The van der Waals surface area contributed by atoms with Gasteiger partial charge in [-0.05, 0) is 29.3 Å².